The lowest BCUT2D eigenvalue weighted by atomic mass is 10.2. The minimum atomic E-state index is 0.267. The topological polar surface area (TPSA) is 21.3 Å². The highest BCUT2D eigenvalue weighted by Crippen LogP contribution is 2.27. The lowest BCUT2D eigenvalue weighted by Crippen LogP contribution is -2.04. The van der Waals surface area contributed by atoms with Crippen LogP contribution in [0.2, 0.25) is 0 Å². The van der Waals surface area contributed by atoms with Crippen molar-refractivity contribution in [1.82, 2.24) is 0 Å². The first-order chi connectivity index (χ1) is 10.1. The molecule has 4 heteroatoms. The number of aryl methyl sites for hydroxylation is 1. The van der Waals surface area contributed by atoms with Gasteiger partial charge < -0.3 is 10.1 Å². The molecule has 0 saturated heterocycles. The summed E-state index contributed by atoms with van der Waals surface area (Å²) >= 11 is 7.03. The van der Waals surface area contributed by atoms with Gasteiger partial charge in [-0.3, -0.25) is 0 Å². The number of benzene rings is 2. The fourth-order valence-electron chi connectivity index (χ4n) is 1.91. The van der Waals surface area contributed by atoms with Crippen LogP contribution >= 0.6 is 31.9 Å². The Balaban J connectivity index is 2.17. The average molecular weight is 409 g/mol. The smallest absolute Gasteiger partial charge is 0.148 e. The number of anilines is 1. The Kier molecular flexibility index (Phi) is 5.72. The van der Waals surface area contributed by atoms with Crippen LogP contribution in [0.3, 0.4) is 0 Å². The van der Waals surface area contributed by atoms with Crippen molar-refractivity contribution in [2.24, 2.45) is 0 Å². The zero-order valence-corrected chi connectivity index (χ0v) is 14.8. The predicted octanol–water partition coefficient (Wildman–Crippen LogP) is 5.14. The summed E-state index contributed by atoms with van der Waals surface area (Å²) in [6, 6.07) is 12.1. The molecular weight excluding hydrogens is 394 g/mol. The van der Waals surface area contributed by atoms with E-state index in [0.717, 1.165) is 25.9 Å². The molecule has 1 N–H and O–H groups in total. The van der Waals surface area contributed by atoms with Gasteiger partial charge in [0, 0.05) is 26.7 Å². The molecule has 2 aromatic rings. The van der Waals surface area contributed by atoms with Crippen LogP contribution in [-0.4, -0.2) is 6.61 Å². The molecule has 0 saturated carbocycles. The second kappa shape index (κ2) is 7.53. The molecule has 0 bridgehead atoms. The molecule has 0 fully saturated rings. The Labute approximate surface area is 142 Å². The van der Waals surface area contributed by atoms with E-state index in [4.69, 9.17) is 11.2 Å². The van der Waals surface area contributed by atoms with Gasteiger partial charge in [0.05, 0.1) is 0 Å². The molecule has 0 aromatic heterocycles. The van der Waals surface area contributed by atoms with Gasteiger partial charge >= 0.3 is 0 Å². The van der Waals surface area contributed by atoms with E-state index in [0.29, 0.717) is 6.54 Å². The van der Waals surface area contributed by atoms with Crippen LogP contribution in [0.5, 0.6) is 5.75 Å². The molecule has 2 nitrogen and oxygen atoms in total. The van der Waals surface area contributed by atoms with Crippen molar-refractivity contribution in [1.29, 1.82) is 0 Å². The van der Waals surface area contributed by atoms with E-state index >= 15 is 0 Å². The van der Waals surface area contributed by atoms with E-state index in [1.165, 1.54) is 5.56 Å². The third-order valence-corrected chi connectivity index (χ3v) is 4.11. The van der Waals surface area contributed by atoms with Gasteiger partial charge in [0.1, 0.15) is 12.4 Å². The molecule has 21 heavy (non-hydrogen) atoms. The Morgan fingerprint density at radius 2 is 2.00 bits per heavy atom. The minimum Gasteiger partial charge on any atom is -0.481 e. The second-order valence-electron chi connectivity index (χ2n) is 4.58. The van der Waals surface area contributed by atoms with Crippen molar-refractivity contribution in [3.8, 4) is 18.1 Å². The van der Waals surface area contributed by atoms with Crippen LogP contribution in [0.4, 0.5) is 5.69 Å². The normalized spacial score (nSPS) is 10.0. The number of hydrogen-bond donors (Lipinski definition) is 1. The summed E-state index contributed by atoms with van der Waals surface area (Å²) in [6.07, 6.45) is 5.25. The number of terminal acetylenes is 1. The van der Waals surface area contributed by atoms with Gasteiger partial charge in [-0.05, 0) is 58.7 Å². The summed E-state index contributed by atoms with van der Waals surface area (Å²) in [5, 5.41) is 3.41. The van der Waals surface area contributed by atoms with Crippen LogP contribution < -0.4 is 10.1 Å². The van der Waals surface area contributed by atoms with Crippen molar-refractivity contribution in [3.63, 3.8) is 0 Å². The quantitative estimate of drug-likeness (QED) is 0.691. The van der Waals surface area contributed by atoms with Crippen molar-refractivity contribution in [2.45, 2.75) is 13.5 Å². The SMILES string of the molecule is C#CCOc1ccc(Br)cc1CNc1cc(C)ccc1Br. The van der Waals surface area contributed by atoms with E-state index in [2.05, 4.69) is 62.2 Å². The largest absolute Gasteiger partial charge is 0.481 e. The van der Waals surface area contributed by atoms with Crippen molar-refractivity contribution < 1.29 is 4.74 Å². The summed E-state index contributed by atoms with van der Waals surface area (Å²) in [5.74, 6) is 3.29. The summed E-state index contributed by atoms with van der Waals surface area (Å²) in [6.45, 7) is 2.99. The third-order valence-electron chi connectivity index (χ3n) is 2.92. The van der Waals surface area contributed by atoms with Gasteiger partial charge in [0.25, 0.3) is 0 Å². The standard InChI is InChI=1S/C17H15Br2NO/c1-3-8-21-17-7-5-14(18)10-13(17)11-20-16-9-12(2)4-6-15(16)19/h1,4-7,9-10,20H,8,11H2,2H3. The Bertz CT molecular complexity index is 677. The van der Waals surface area contributed by atoms with Gasteiger partial charge in [0.15, 0.2) is 0 Å². The van der Waals surface area contributed by atoms with Crippen LogP contribution in [0.15, 0.2) is 45.3 Å². The molecule has 0 heterocycles. The number of nitrogens with one attached hydrogen (secondary N) is 1. The number of halogens is 2. The summed E-state index contributed by atoms with van der Waals surface area (Å²) in [7, 11) is 0. The Morgan fingerprint density at radius 3 is 2.76 bits per heavy atom. The van der Waals surface area contributed by atoms with Crippen LogP contribution in [0, 0.1) is 19.3 Å². The van der Waals surface area contributed by atoms with Crippen LogP contribution in [0.1, 0.15) is 11.1 Å². The average Bonchev–Trinajstić information content (AvgIpc) is 2.47. The molecule has 0 atom stereocenters. The fraction of sp³-hybridized carbons (Fsp3) is 0.176. The van der Waals surface area contributed by atoms with Crippen molar-refractivity contribution >= 4 is 37.5 Å². The van der Waals surface area contributed by atoms with Gasteiger partial charge in [0.2, 0.25) is 0 Å². The van der Waals surface area contributed by atoms with E-state index in [1.54, 1.807) is 0 Å². The maximum Gasteiger partial charge on any atom is 0.148 e. The highest BCUT2D eigenvalue weighted by atomic mass is 79.9. The zero-order valence-electron chi connectivity index (χ0n) is 11.6. The molecule has 2 rings (SSSR count). The maximum absolute atomic E-state index is 5.58. The highest BCUT2D eigenvalue weighted by molar-refractivity contribution is 9.10. The second-order valence-corrected chi connectivity index (χ2v) is 6.35. The van der Waals surface area contributed by atoms with E-state index < -0.39 is 0 Å². The summed E-state index contributed by atoms with van der Waals surface area (Å²) in [4.78, 5) is 0. The number of rotatable bonds is 5. The molecule has 0 radical (unpaired) electrons. The summed E-state index contributed by atoms with van der Waals surface area (Å²) < 4.78 is 7.62. The molecule has 0 spiro atoms. The van der Waals surface area contributed by atoms with Crippen LogP contribution in [0.25, 0.3) is 0 Å². The molecule has 0 aliphatic rings. The van der Waals surface area contributed by atoms with E-state index in [9.17, 15) is 0 Å². The fourth-order valence-corrected chi connectivity index (χ4v) is 2.71. The van der Waals surface area contributed by atoms with Gasteiger partial charge in [-0.15, -0.1) is 6.42 Å². The molecular formula is C17H15Br2NO. The Morgan fingerprint density at radius 1 is 1.19 bits per heavy atom. The van der Waals surface area contributed by atoms with Crippen molar-refractivity contribution in [2.75, 3.05) is 11.9 Å². The summed E-state index contributed by atoms with van der Waals surface area (Å²) in [5.41, 5.74) is 3.31. The third kappa shape index (κ3) is 4.52. The lowest BCUT2D eigenvalue weighted by Gasteiger charge is -2.13. The lowest BCUT2D eigenvalue weighted by molar-refractivity contribution is 0.366. The molecule has 0 aliphatic carbocycles. The first-order valence-corrected chi connectivity index (χ1v) is 8.03. The maximum atomic E-state index is 5.58. The van der Waals surface area contributed by atoms with E-state index in [-0.39, 0.29) is 6.61 Å². The van der Waals surface area contributed by atoms with Crippen LogP contribution in [-0.2, 0) is 6.54 Å². The number of hydrogen-bond acceptors (Lipinski definition) is 2. The predicted molar refractivity (Wildman–Crippen MR) is 94.7 cm³/mol. The first kappa shape index (κ1) is 15.9. The highest BCUT2D eigenvalue weighted by Gasteiger charge is 2.06. The van der Waals surface area contributed by atoms with E-state index in [1.807, 2.05) is 24.3 Å². The molecule has 0 unspecified atom stereocenters. The van der Waals surface area contributed by atoms with Crippen molar-refractivity contribution in [3.05, 3.63) is 56.5 Å². The zero-order chi connectivity index (χ0) is 15.2. The Hall–Kier alpha value is -1.44. The molecule has 2 aromatic carbocycles. The minimum absolute atomic E-state index is 0.267. The van der Waals surface area contributed by atoms with Gasteiger partial charge in [-0.1, -0.05) is 27.9 Å². The van der Waals surface area contributed by atoms with Gasteiger partial charge in [-0.2, -0.15) is 0 Å². The molecule has 108 valence electrons. The first-order valence-electron chi connectivity index (χ1n) is 6.45. The molecule has 0 aliphatic heterocycles. The monoisotopic (exact) mass is 407 g/mol. The van der Waals surface area contributed by atoms with Gasteiger partial charge in [-0.25, -0.2) is 0 Å². The molecule has 0 amide bonds. The number of ether oxygens (including phenoxy) is 1.